The normalized spacial score (nSPS) is 12.7. The molecule has 0 bridgehead atoms. The molecule has 0 atom stereocenters. The average Bonchev–Trinajstić information content (AvgIpc) is 3.05. The number of ether oxygens (including phenoxy) is 2. The third-order valence-corrected chi connectivity index (χ3v) is 4.34. The van der Waals surface area contributed by atoms with Gasteiger partial charge in [-0.2, -0.15) is 0 Å². The Bertz CT molecular complexity index is 743. The molecular weight excluding hydrogens is 320 g/mol. The van der Waals surface area contributed by atoms with E-state index in [9.17, 15) is 14.9 Å². The van der Waals surface area contributed by atoms with E-state index >= 15 is 0 Å². The quantitative estimate of drug-likeness (QED) is 0.670. The highest BCUT2D eigenvalue weighted by Gasteiger charge is 2.15. The van der Waals surface area contributed by atoms with Crippen LogP contribution in [0.5, 0.6) is 11.5 Å². The molecule has 2 heterocycles. The molecule has 2 aromatic rings. The molecule has 1 aromatic carbocycles. The van der Waals surface area contributed by atoms with Gasteiger partial charge in [-0.3, -0.25) is 14.9 Å². The summed E-state index contributed by atoms with van der Waals surface area (Å²) in [5, 5.41) is 13.3. The predicted octanol–water partition coefficient (Wildman–Crippen LogP) is 2.40. The summed E-state index contributed by atoms with van der Waals surface area (Å²) in [7, 11) is 0. The van der Waals surface area contributed by atoms with Gasteiger partial charge < -0.3 is 14.8 Å². The van der Waals surface area contributed by atoms with Gasteiger partial charge in [-0.15, -0.1) is 0 Å². The molecule has 120 valence electrons. The number of carbonyl (C=O) groups is 1. The molecule has 0 aliphatic carbocycles. The van der Waals surface area contributed by atoms with Crippen LogP contribution in [0.15, 0.2) is 30.3 Å². The molecule has 1 aliphatic rings. The number of thiophene rings is 1. The molecule has 1 amide bonds. The summed E-state index contributed by atoms with van der Waals surface area (Å²) < 4.78 is 11.0. The maximum Gasteiger partial charge on any atom is 0.324 e. The third-order valence-electron chi connectivity index (χ3n) is 3.30. The van der Waals surface area contributed by atoms with Crippen molar-refractivity contribution in [1.82, 2.24) is 5.32 Å². The second kappa shape index (κ2) is 6.66. The third kappa shape index (κ3) is 3.59. The van der Waals surface area contributed by atoms with Crippen molar-refractivity contribution >= 4 is 22.2 Å². The highest BCUT2D eigenvalue weighted by Crippen LogP contribution is 2.30. The summed E-state index contributed by atoms with van der Waals surface area (Å²) in [4.78, 5) is 22.4. The van der Waals surface area contributed by atoms with E-state index in [-0.39, 0.29) is 10.9 Å². The maximum atomic E-state index is 11.9. The molecule has 0 unspecified atom stereocenters. The number of amides is 1. The number of carbonyl (C=O) groups excluding carboxylic acids is 1. The summed E-state index contributed by atoms with van der Waals surface area (Å²) in [6.45, 7) is 1.52. The van der Waals surface area contributed by atoms with Gasteiger partial charge in [0.15, 0.2) is 11.5 Å². The van der Waals surface area contributed by atoms with Crippen LogP contribution >= 0.6 is 11.3 Å². The van der Waals surface area contributed by atoms with Crippen LogP contribution in [0.25, 0.3) is 0 Å². The number of benzene rings is 1. The molecule has 0 radical (unpaired) electrons. The topological polar surface area (TPSA) is 90.7 Å². The Morgan fingerprint density at radius 3 is 2.74 bits per heavy atom. The molecule has 1 aliphatic heterocycles. The molecule has 8 heteroatoms. The number of hydrogen-bond acceptors (Lipinski definition) is 6. The van der Waals surface area contributed by atoms with Crippen molar-refractivity contribution in [3.8, 4) is 11.5 Å². The fourth-order valence-electron chi connectivity index (χ4n) is 2.20. The predicted molar refractivity (Wildman–Crippen MR) is 84.4 cm³/mol. The fourth-order valence-corrected chi connectivity index (χ4v) is 2.94. The van der Waals surface area contributed by atoms with Gasteiger partial charge in [0.1, 0.15) is 13.2 Å². The zero-order chi connectivity index (χ0) is 16.2. The number of fused-ring (bicyclic) bond motifs is 1. The first kappa shape index (κ1) is 15.3. The summed E-state index contributed by atoms with van der Waals surface area (Å²) >= 11 is 0.866. The Morgan fingerprint density at radius 2 is 2.00 bits per heavy atom. The second-order valence-electron chi connectivity index (χ2n) is 4.88. The van der Waals surface area contributed by atoms with Gasteiger partial charge in [-0.05, 0) is 30.2 Å². The van der Waals surface area contributed by atoms with Crippen LogP contribution in [-0.4, -0.2) is 30.6 Å². The smallest absolute Gasteiger partial charge is 0.324 e. The lowest BCUT2D eigenvalue weighted by Gasteiger charge is -2.18. The van der Waals surface area contributed by atoms with E-state index < -0.39 is 4.92 Å². The second-order valence-corrected chi connectivity index (χ2v) is 5.94. The maximum absolute atomic E-state index is 11.9. The van der Waals surface area contributed by atoms with Gasteiger partial charge in [0.05, 0.1) is 9.80 Å². The lowest BCUT2D eigenvalue weighted by molar-refractivity contribution is -0.380. The van der Waals surface area contributed by atoms with E-state index in [4.69, 9.17) is 9.47 Å². The zero-order valence-electron chi connectivity index (χ0n) is 12.1. The number of rotatable bonds is 5. The SMILES string of the molecule is O=C(NCCc1ccc2c(c1)OCCO2)c1ccc([N+](=O)[O-])s1. The minimum Gasteiger partial charge on any atom is -0.486 e. The number of nitrogens with one attached hydrogen (secondary N) is 1. The monoisotopic (exact) mass is 334 g/mol. The minimum atomic E-state index is -0.503. The van der Waals surface area contributed by atoms with Gasteiger partial charge in [-0.1, -0.05) is 17.4 Å². The first-order chi connectivity index (χ1) is 11.1. The zero-order valence-corrected chi connectivity index (χ0v) is 12.9. The Hall–Kier alpha value is -2.61. The highest BCUT2D eigenvalue weighted by molar-refractivity contribution is 7.17. The van der Waals surface area contributed by atoms with E-state index in [0.717, 1.165) is 22.6 Å². The highest BCUT2D eigenvalue weighted by atomic mass is 32.1. The van der Waals surface area contributed by atoms with E-state index in [1.54, 1.807) is 0 Å². The largest absolute Gasteiger partial charge is 0.486 e. The van der Waals surface area contributed by atoms with E-state index in [2.05, 4.69) is 5.32 Å². The lowest BCUT2D eigenvalue weighted by atomic mass is 10.1. The molecule has 0 fully saturated rings. The van der Waals surface area contributed by atoms with Crippen molar-refractivity contribution in [3.05, 3.63) is 50.9 Å². The van der Waals surface area contributed by atoms with E-state index in [1.165, 1.54) is 12.1 Å². The molecule has 3 rings (SSSR count). The molecule has 23 heavy (non-hydrogen) atoms. The molecule has 0 saturated heterocycles. The Balaban J connectivity index is 1.54. The molecule has 0 spiro atoms. The van der Waals surface area contributed by atoms with Crippen molar-refractivity contribution in [2.24, 2.45) is 0 Å². The van der Waals surface area contributed by atoms with Crippen molar-refractivity contribution in [2.45, 2.75) is 6.42 Å². The molecule has 1 aromatic heterocycles. The van der Waals surface area contributed by atoms with E-state index in [0.29, 0.717) is 36.8 Å². The van der Waals surface area contributed by atoms with Crippen molar-refractivity contribution < 1.29 is 19.2 Å². The first-order valence-corrected chi connectivity index (χ1v) is 7.86. The van der Waals surface area contributed by atoms with E-state index in [1.807, 2.05) is 18.2 Å². The van der Waals surface area contributed by atoms with Crippen LogP contribution in [0.1, 0.15) is 15.2 Å². The standard InChI is InChI=1S/C15H14N2O5S/c18-15(13-3-4-14(23-13)17(19)20)16-6-5-10-1-2-11-12(9-10)22-8-7-21-11/h1-4,9H,5-8H2,(H,16,18). The molecule has 7 nitrogen and oxygen atoms in total. The first-order valence-electron chi connectivity index (χ1n) is 7.04. The van der Waals surface area contributed by atoms with Gasteiger partial charge in [-0.25, -0.2) is 0 Å². The van der Waals surface area contributed by atoms with Crippen LogP contribution in [0, 0.1) is 10.1 Å². The lowest BCUT2D eigenvalue weighted by Crippen LogP contribution is -2.24. The van der Waals surface area contributed by atoms with Crippen molar-refractivity contribution in [1.29, 1.82) is 0 Å². The van der Waals surface area contributed by atoms with Gasteiger partial charge in [0.25, 0.3) is 5.91 Å². The molecular formula is C15H14N2O5S. The van der Waals surface area contributed by atoms with Gasteiger partial charge in [0, 0.05) is 12.6 Å². The van der Waals surface area contributed by atoms with Gasteiger partial charge in [0.2, 0.25) is 0 Å². The van der Waals surface area contributed by atoms with Crippen LogP contribution in [-0.2, 0) is 6.42 Å². The van der Waals surface area contributed by atoms with Crippen molar-refractivity contribution in [3.63, 3.8) is 0 Å². The minimum absolute atomic E-state index is 0.0398. The fraction of sp³-hybridized carbons (Fsp3) is 0.267. The number of hydrogen-bond donors (Lipinski definition) is 1. The number of nitro groups is 1. The van der Waals surface area contributed by atoms with Crippen LogP contribution in [0.2, 0.25) is 0 Å². The summed E-state index contributed by atoms with van der Waals surface area (Å²) in [6.07, 6.45) is 0.635. The molecule has 0 saturated carbocycles. The van der Waals surface area contributed by atoms with Crippen LogP contribution in [0.4, 0.5) is 5.00 Å². The van der Waals surface area contributed by atoms with Crippen molar-refractivity contribution in [2.75, 3.05) is 19.8 Å². The summed E-state index contributed by atoms with van der Waals surface area (Å²) in [5.74, 6) is 1.14. The van der Waals surface area contributed by atoms with Gasteiger partial charge >= 0.3 is 5.00 Å². The van der Waals surface area contributed by atoms with Crippen LogP contribution in [0.3, 0.4) is 0 Å². The summed E-state index contributed by atoms with van der Waals surface area (Å²) in [5.41, 5.74) is 1.02. The average molecular weight is 334 g/mol. The summed E-state index contributed by atoms with van der Waals surface area (Å²) in [6, 6.07) is 8.48. The Labute approximate surface area is 136 Å². The number of nitrogens with zero attached hydrogens (tertiary/aromatic N) is 1. The Kier molecular flexibility index (Phi) is 4.42. The Morgan fingerprint density at radius 1 is 1.22 bits per heavy atom. The molecule has 1 N–H and O–H groups in total. The van der Waals surface area contributed by atoms with Crippen LogP contribution < -0.4 is 14.8 Å².